The van der Waals surface area contributed by atoms with Gasteiger partial charge < -0.3 is 58.8 Å². The summed E-state index contributed by atoms with van der Waals surface area (Å²) in [6, 6.07) is 6.89. The summed E-state index contributed by atoms with van der Waals surface area (Å²) in [7, 11) is 0. The second-order valence-corrected chi connectivity index (χ2v) is 13.6. The quantitative estimate of drug-likeness (QED) is 0.0365. The Labute approximate surface area is 317 Å². The van der Waals surface area contributed by atoms with Crippen molar-refractivity contribution in [1.82, 2.24) is 26.3 Å². The van der Waals surface area contributed by atoms with E-state index in [0.29, 0.717) is 11.1 Å². The van der Waals surface area contributed by atoms with Crippen LogP contribution in [0.5, 0.6) is 5.75 Å². The fraction of sp³-hybridized carbons (Fsp3) is 0.432. The highest BCUT2D eigenvalue weighted by Crippen LogP contribution is 2.19. The first kappa shape index (κ1) is 43.2. The zero-order valence-electron chi connectivity index (χ0n) is 30.8. The van der Waals surface area contributed by atoms with Crippen molar-refractivity contribution in [2.24, 2.45) is 28.1 Å². The minimum atomic E-state index is -1.48. The number of fused-ring (bicyclic) bond motifs is 1. The number of carboxylic acid groups (broad SMARTS) is 2. The maximum Gasteiger partial charge on any atom is 0.326 e. The third-order valence-electron chi connectivity index (χ3n) is 8.64. The van der Waals surface area contributed by atoms with Gasteiger partial charge in [0.1, 0.15) is 29.9 Å². The summed E-state index contributed by atoms with van der Waals surface area (Å²) in [4.78, 5) is 85.0. The van der Waals surface area contributed by atoms with Gasteiger partial charge in [0.15, 0.2) is 5.96 Å². The third-order valence-corrected chi connectivity index (χ3v) is 8.64. The van der Waals surface area contributed by atoms with Gasteiger partial charge in [-0.05, 0) is 67.3 Å². The predicted octanol–water partition coefficient (Wildman–Crippen LogP) is -0.0257. The number of benzene rings is 2. The fourth-order valence-corrected chi connectivity index (χ4v) is 5.81. The maximum atomic E-state index is 13.8. The van der Waals surface area contributed by atoms with Crippen molar-refractivity contribution < 1.29 is 44.1 Å². The van der Waals surface area contributed by atoms with Gasteiger partial charge in [0, 0.05) is 36.5 Å². The van der Waals surface area contributed by atoms with Crippen LogP contribution in [0.2, 0.25) is 0 Å². The molecule has 0 radical (unpaired) electrons. The van der Waals surface area contributed by atoms with Gasteiger partial charge in [-0.1, -0.05) is 44.2 Å². The van der Waals surface area contributed by atoms with Crippen LogP contribution in [0.3, 0.4) is 0 Å². The van der Waals surface area contributed by atoms with E-state index in [0.717, 1.165) is 10.9 Å². The Hall–Kier alpha value is -6.17. The number of phenols is 1. The number of H-pyrrole nitrogens is 1. The molecule has 0 aliphatic rings. The molecule has 2 aromatic carbocycles. The number of aromatic amines is 1. The maximum absolute atomic E-state index is 13.8. The van der Waals surface area contributed by atoms with Crippen molar-refractivity contribution in [3.05, 3.63) is 65.9 Å². The summed E-state index contributed by atoms with van der Waals surface area (Å²) < 4.78 is 0. The Morgan fingerprint density at radius 1 is 0.764 bits per heavy atom. The number of rotatable bonds is 22. The van der Waals surface area contributed by atoms with Crippen molar-refractivity contribution in [3.8, 4) is 5.75 Å². The number of phenolic OH excluding ortho intramolecular Hbond substituents is 1. The van der Waals surface area contributed by atoms with Crippen LogP contribution in [-0.4, -0.2) is 98.6 Å². The lowest BCUT2D eigenvalue weighted by Crippen LogP contribution is -2.58. The van der Waals surface area contributed by atoms with Crippen LogP contribution in [-0.2, 0) is 41.6 Å². The zero-order valence-corrected chi connectivity index (χ0v) is 30.8. The van der Waals surface area contributed by atoms with Crippen molar-refractivity contribution in [2.45, 2.75) is 89.0 Å². The SMILES string of the molecule is CC(C)C[C@H](NC(=O)[C@@H](N)Cc1ccc(O)cc1)C(=O)N[C@@H](CCC(=O)O)C(=O)N[C@@H](CCCN=C(N)N)C(=O)N[C@@H](Cc1c[nH]c2ccccc12)C(=O)O. The van der Waals surface area contributed by atoms with E-state index in [1.807, 2.05) is 32.0 Å². The number of carbonyl (C=O) groups excluding carboxylic acids is 4. The number of aromatic hydroxyl groups is 1. The molecule has 5 atom stereocenters. The molecule has 0 fully saturated rings. The van der Waals surface area contributed by atoms with Gasteiger partial charge in [-0.25, -0.2) is 4.79 Å². The summed E-state index contributed by atoms with van der Waals surface area (Å²) in [6.45, 7) is 3.70. The Morgan fingerprint density at radius 3 is 1.95 bits per heavy atom. The molecule has 14 N–H and O–H groups in total. The molecule has 0 saturated carbocycles. The van der Waals surface area contributed by atoms with Gasteiger partial charge >= 0.3 is 11.9 Å². The summed E-state index contributed by atoms with van der Waals surface area (Å²) in [5.41, 5.74) is 19.0. The van der Waals surface area contributed by atoms with E-state index in [-0.39, 0.29) is 62.7 Å². The summed E-state index contributed by atoms with van der Waals surface area (Å²) in [5, 5.41) is 39.9. The lowest BCUT2D eigenvalue weighted by atomic mass is 10.0. The van der Waals surface area contributed by atoms with Crippen LogP contribution >= 0.6 is 0 Å². The highest BCUT2D eigenvalue weighted by molar-refractivity contribution is 5.96. The number of amides is 4. The molecule has 18 heteroatoms. The molecule has 0 aliphatic carbocycles. The van der Waals surface area contributed by atoms with Crippen LogP contribution in [0.4, 0.5) is 0 Å². The smallest absolute Gasteiger partial charge is 0.326 e. The van der Waals surface area contributed by atoms with Gasteiger partial charge in [-0.3, -0.25) is 29.0 Å². The van der Waals surface area contributed by atoms with Crippen molar-refractivity contribution in [3.63, 3.8) is 0 Å². The molecule has 4 amide bonds. The van der Waals surface area contributed by atoms with Crippen LogP contribution in [0.15, 0.2) is 59.7 Å². The molecule has 0 spiro atoms. The van der Waals surface area contributed by atoms with E-state index in [1.54, 1.807) is 24.4 Å². The van der Waals surface area contributed by atoms with E-state index >= 15 is 0 Å². The number of para-hydroxylation sites is 1. The van der Waals surface area contributed by atoms with Gasteiger partial charge in [0.25, 0.3) is 0 Å². The molecule has 1 aromatic heterocycles. The molecule has 0 unspecified atom stereocenters. The number of nitrogens with two attached hydrogens (primary N) is 3. The molecule has 1 heterocycles. The Bertz CT molecular complexity index is 1820. The summed E-state index contributed by atoms with van der Waals surface area (Å²) >= 11 is 0. The average molecular weight is 766 g/mol. The van der Waals surface area contributed by atoms with Gasteiger partial charge in [0.05, 0.1) is 6.04 Å². The summed E-state index contributed by atoms with van der Waals surface area (Å²) in [5.74, 6) is -6.05. The van der Waals surface area contributed by atoms with E-state index in [4.69, 9.17) is 17.2 Å². The lowest BCUT2D eigenvalue weighted by Gasteiger charge is -2.27. The number of hydrogen-bond acceptors (Lipinski definition) is 9. The number of aliphatic carboxylic acids is 2. The monoisotopic (exact) mass is 765 g/mol. The third kappa shape index (κ3) is 14.3. The predicted molar refractivity (Wildman–Crippen MR) is 203 cm³/mol. The van der Waals surface area contributed by atoms with Crippen LogP contribution in [0.1, 0.15) is 57.1 Å². The molecule has 0 bridgehead atoms. The average Bonchev–Trinajstić information content (AvgIpc) is 3.53. The van der Waals surface area contributed by atoms with Gasteiger partial charge in [-0.2, -0.15) is 0 Å². The van der Waals surface area contributed by atoms with E-state index in [1.165, 1.54) is 12.1 Å². The largest absolute Gasteiger partial charge is 0.508 e. The molecule has 298 valence electrons. The number of carboxylic acids is 2. The number of carbonyl (C=O) groups is 6. The second-order valence-electron chi connectivity index (χ2n) is 13.6. The van der Waals surface area contributed by atoms with Gasteiger partial charge in [0.2, 0.25) is 23.6 Å². The normalized spacial score (nSPS) is 13.8. The minimum absolute atomic E-state index is 0.0423. The number of nitrogens with one attached hydrogen (secondary N) is 5. The molecule has 18 nitrogen and oxygen atoms in total. The van der Waals surface area contributed by atoms with Crippen molar-refractivity contribution >= 4 is 52.4 Å². The lowest BCUT2D eigenvalue weighted by molar-refractivity contribution is -0.142. The number of nitrogens with zero attached hydrogens (tertiary/aromatic N) is 1. The minimum Gasteiger partial charge on any atom is -0.508 e. The first-order valence-electron chi connectivity index (χ1n) is 17.8. The Kier molecular flexibility index (Phi) is 16.4. The van der Waals surface area contributed by atoms with Crippen LogP contribution in [0.25, 0.3) is 10.9 Å². The molecule has 3 aromatic rings. The summed E-state index contributed by atoms with van der Waals surface area (Å²) in [6.07, 6.45) is 1.00. The Morgan fingerprint density at radius 2 is 1.35 bits per heavy atom. The number of guanidine groups is 1. The Balaban J connectivity index is 1.80. The molecular weight excluding hydrogens is 714 g/mol. The first-order valence-corrected chi connectivity index (χ1v) is 17.8. The highest BCUT2D eigenvalue weighted by atomic mass is 16.4. The van der Waals surface area contributed by atoms with Crippen molar-refractivity contribution in [2.75, 3.05) is 6.54 Å². The van der Waals surface area contributed by atoms with Crippen molar-refractivity contribution in [1.29, 1.82) is 0 Å². The van der Waals surface area contributed by atoms with Gasteiger partial charge in [-0.15, -0.1) is 0 Å². The number of hydrogen-bond donors (Lipinski definition) is 11. The van der Waals surface area contributed by atoms with Crippen LogP contribution < -0.4 is 38.5 Å². The molecule has 0 aliphatic heterocycles. The number of aliphatic imine (C=N–C) groups is 1. The first-order chi connectivity index (χ1) is 26.0. The molecule has 55 heavy (non-hydrogen) atoms. The fourth-order valence-electron chi connectivity index (χ4n) is 5.81. The van der Waals surface area contributed by atoms with E-state index in [9.17, 15) is 44.1 Å². The number of aromatic nitrogens is 1. The van der Waals surface area contributed by atoms with Crippen LogP contribution in [0, 0.1) is 5.92 Å². The topological polar surface area (TPSA) is 317 Å². The van der Waals surface area contributed by atoms with E-state index in [2.05, 4.69) is 31.2 Å². The molecule has 0 saturated heterocycles. The molecular formula is C37H51N9O9. The highest BCUT2D eigenvalue weighted by Gasteiger charge is 2.32. The standard InChI is InChI=1S/C37H51N9O9/c1-20(2)16-29(45-32(50)25(38)17-21-9-11-23(47)12-10-21)35(53)44-28(13-14-31(48)49)34(52)43-27(8-5-15-41-37(39)40)33(51)46-30(36(54)55)18-22-19-42-26-7-4-3-6-24(22)26/h3-4,6-7,9-12,19-20,25,27-30,42,47H,5,8,13-18,38H2,1-2H3,(H,43,52)(H,44,53)(H,45,50)(H,46,51)(H,48,49)(H,54,55)(H4,39,40,41)/t25-,27-,28-,29-,30-/m0/s1. The molecule has 3 rings (SSSR count). The second kappa shape index (κ2) is 20.9. The zero-order chi connectivity index (χ0) is 40.7. The van der Waals surface area contributed by atoms with E-state index < -0.39 is 72.2 Å².